The van der Waals surface area contributed by atoms with Crippen molar-refractivity contribution >= 4 is 5.91 Å². The molecule has 1 aliphatic heterocycles. The van der Waals surface area contributed by atoms with Crippen LogP contribution >= 0.6 is 0 Å². The van der Waals surface area contributed by atoms with Crippen molar-refractivity contribution in [2.75, 3.05) is 13.1 Å². The van der Waals surface area contributed by atoms with Crippen LogP contribution in [0.5, 0.6) is 0 Å². The zero-order valence-electron chi connectivity index (χ0n) is 13.4. The van der Waals surface area contributed by atoms with Crippen LogP contribution in [0.2, 0.25) is 0 Å². The number of hydrogen-bond acceptors (Lipinski definition) is 2. The molecule has 0 aromatic carbocycles. The van der Waals surface area contributed by atoms with E-state index in [4.69, 9.17) is 6.57 Å². The fraction of sp³-hybridized carbons (Fsp3) is 0.882. The third-order valence-corrected chi connectivity index (χ3v) is 6.56. The van der Waals surface area contributed by atoms with E-state index in [-0.39, 0.29) is 12.1 Å². The minimum absolute atomic E-state index is 0.110. The molecule has 2 bridgehead atoms. The van der Waals surface area contributed by atoms with Crippen molar-refractivity contribution in [1.82, 2.24) is 10.2 Å². The minimum atomic E-state index is -0.213. The van der Waals surface area contributed by atoms with Crippen molar-refractivity contribution in [1.29, 1.82) is 0 Å². The lowest BCUT2D eigenvalue weighted by atomic mass is 9.45. The Kier molecular flexibility index (Phi) is 3.73. The molecule has 3 aliphatic carbocycles. The van der Waals surface area contributed by atoms with Crippen LogP contribution in [0, 0.1) is 29.7 Å². The number of nitrogens with one attached hydrogen (secondary N) is 1. The summed E-state index contributed by atoms with van der Waals surface area (Å²) in [6, 6.07) is 0.472. The van der Waals surface area contributed by atoms with Crippen LogP contribution in [0.15, 0.2) is 0 Å². The Hall–Kier alpha value is -1.08. The van der Waals surface area contributed by atoms with Gasteiger partial charge >= 0.3 is 6.17 Å². The van der Waals surface area contributed by atoms with Crippen molar-refractivity contribution in [3.63, 3.8) is 0 Å². The van der Waals surface area contributed by atoms with Gasteiger partial charge in [-0.15, -0.1) is 0 Å². The lowest BCUT2D eigenvalue weighted by Gasteiger charge is -2.62. The van der Waals surface area contributed by atoms with Gasteiger partial charge in [0.2, 0.25) is 5.91 Å². The molecule has 0 aromatic rings. The van der Waals surface area contributed by atoms with E-state index in [9.17, 15) is 4.79 Å². The van der Waals surface area contributed by atoms with Crippen LogP contribution in [0.3, 0.4) is 0 Å². The zero-order chi connectivity index (χ0) is 15.2. The number of rotatable bonds is 3. The first-order valence-corrected chi connectivity index (χ1v) is 8.34. The first-order chi connectivity index (χ1) is 9.95. The van der Waals surface area contributed by atoms with Crippen molar-refractivity contribution in [3.8, 4) is 0 Å². The van der Waals surface area contributed by atoms with E-state index in [2.05, 4.69) is 30.9 Å². The van der Waals surface area contributed by atoms with Crippen LogP contribution in [-0.4, -0.2) is 36.1 Å². The van der Waals surface area contributed by atoms with Gasteiger partial charge in [-0.2, -0.15) is 0 Å². The number of amides is 1. The molecule has 3 saturated carbocycles. The first-order valence-electron chi connectivity index (χ1n) is 8.34. The highest BCUT2D eigenvalue weighted by Gasteiger charge is 2.56. The van der Waals surface area contributed by atoms with Crippen molar-refractivity contribution in [3.05, 3.63) is 11.4 Å². The number of hydrogen-bond donors (Lipinski definition) is 1. The highest BCUT2D eigenvalue weighted by molar-refractivity contribution is 5.79. The van der Waals surface area contributed by atoms with Gasteiger partial charge in [-0.1, -0.05) is 20.8 Å². The standard InChI is InChI=1S/C17H27N3O/c1-11-13-8-12(17(13,2)3)9-14(11)19-10-16(21)20-7-5-6-15(20)18-4/h11-15,19H,5-10H2,1-3H3/t11-,12-,13+,14-,15-/m0/s1. The molecule has 1 heterocycles. The molecule has 0 spiro atoms. The molecule has 1 amide bonds. The summed E-state index contributed by atoms with van der Waals surface area (Å²) in [6.45, 7) is 15.5. The van der Waals surface area contributed by atoms with E-state index < -0.39 is 0 Å². The lowest BCUT2D eigenvalue weighted by molar-refractivity contribution is -0.133. The van der Waals surface area contributed by atoms with E-state index in [1.54, 1.807) is 4.90 Å². The average molecular weight is 289 g/mol. The molecule has 21 heavy (non-hydrogen) atoms. The van der Waals surface area contributed by atoms with Crippen LogP contribution < -0.4 is 5.32 Å². The van der Waals surface area contributed by atoms with Crippen LogP contribution in [0.1, 0.15) is 46.5 Å². The predicted octanol–water partition coefficient (Wildman–Crippen LogP) is 2.51. The molecule has 4 fully saturated rings. The SMILES string of the molecule is [C-]#[N+][C@@H]1CCCN1C(=O)CN[C@H]1C[C@@H]2C[C@H]([C@@H]1C)C2(C)C. The fourth-order valence-corrected chi connectivity index (χ4v) is 4.91. The van der Waals surface area contributed by atoms with Crippen LogP contribution in [0.25, 0.3) is 4.85 Å². The third-order valence-electron chi connectivity index (χ3n) is 6.56. The summed E-state index contributed by atoms with van der Waals surface area (Å²) in [5, 5.41) is 3.50. The van der Waals surface area contributed by atoms with E-state index >= 15 is 0 Å². The van der Waals surface area contributed by atoms with Gasteiger partial charge in [0.25, 0.3) is 0 Å². The first kappa shape index (κ1) is 14.8. The average Bonchev–Trinajstić information content (AvgIpc) is 2.93. The van der Waals surface area contributed by atoms with Gasteiger partial charge in [0.15, 0.2) is 0 Å². The summed E-state index contributed by atoms with van der Waals surface area (Å²) in [5.41, 5.74) is 0.492. The largest absolute Gasteiger partial charge is 0.305 e. The molecule has 4 rings (SSSR count). The molecule has 116 valence electrons. The highest BCUT2D eigenvalue weighted by Crippen LogP contribution is 2.61. The highest BCUT2D eigenvalue weighted by atomic mass is 16.2. The van der Waals surface area contributed by atoms with Crippen molar-refractivity contribution < 1.29 is 4.79 Å². The maximum Gasteiger partial charge on any atom is 0.300 e. The monoisotopic (exact) mass is 289 g/mol. The van der Waals surface area contributed by atoms with E-state index in [1.807, 2.05) is 0 Å². The van der Waals surface area contributed by atoms with E-state index in [0.717, 1.165) is 31.2 Å². The molecule has 5 atom stereocenters. The molecule has 1 saturated heterocycles. The van der Waals surface area contributed by atoms with Gasteiger partial charge in [-0.3, -0.25) is 14.5 Å². The zero-order valence-corrected chi connectivity index (χ0v) is 13.4. The van der Waals surface area contributed by atoms with Gasteiger partial charge < -0.3 is 5.32 Å². The fourth-order valence-electron chi connectivity index (χ4n) is 4.91. The molecule has 4 heteroatoms. The van der Waals surface area contributed by atoms with Crippen molar-refractivity contribution in [2.24, 2.45) is 23.2 Å². The minimum Gasteiger partial charge on any atom is -0.305 e. The number of nitrogens with zero attached hydrogens (tertiary/aromatic N) is 2. The second-order valence-corrected chi connectivity index (χ2v) is 7.78. The maximum absolute atomic E-state index is 12.3. The second-order valence-electron chi connectivity index (χ2n) is 7.78. The molecular weight excluding hydrogens is 262 g/mol. The lowest BCUT2D eigenvalue weighted by Crippen LogP contribution is -2.60. The van der Waals surface area contributed by atoms with Crippen molar-refractivity contribution in [2.45, 2.75) is 58.7 Å². The Labute approximate surface area is 128 Å². The molecule has 4 aliphatic rings. The van der Waals surface area contributed by atoms with Crippen LogP contribution in [-0.2, 0) is 4.79 Å². The molecule has 0 radical (unpaired) electrons. The quantitative estimate of drug-likeness (QED) is 0.811. The van der Waals surface area contributed by atoms with Gasteiger partial charge in [0, 0.05) is 19.0 Å². The smallest absolute Gasteiger partial charge is 0.300 e. The Morgan fingerprint density at radius 1 is 1.43 bits per heavy atom. The predicted molar refractivity (Wildman–Crippen MR) is 82.3 cm³/mol. The summed E-state index contributed by atoms with van der Waals surface area (Å²) < 4.78 is 0. The summed E-state index contributed by atoms with van der Waals surface area (Å²) in [4.78, 5) is 17.6. The summed E-state index contributed by atoms with van der Waals surface area (Å²) >= 11 is 0. The summed E-state index contributed by atoms with van der Waals surface area (Å²) in [6.07, 6.45) is 4.16. The second kappa shape index (κ2) is 5.28. The van der Waals surface area contributed by atoms with E-state index in [0.29, 0.717) is 23.9 Å². The Bertz CT molecular complexity index is 467. The van der Waals surface area contributed by atoms with E-state index in [1.165, 1.54) is 12.8 Å². The van der Waals surface area contributed by atoms with Crippen LogP contribution in [0.4, 0.5) is 0 Å². The van der Waals surface area contributed by atoms with Gasteiger partial charge in [-0.05, 0) is 42.4 Å². The Balaban J connectivity index is 1.52. The summed E-state index contributed by atoms with van der Waals surface area (Å²) in [5.74, 6) is 2.37. The third kappa shape index (κ3) is 2.36. The molecule has 1 N–H and O–H groups in total. The maximum atomic E-state index is 12.3. The topological polar surface area (TPSA) is 36.7 Å². The number of likely N-dealkylation sites (tertiary alicyclic amines) is 1. The summed E-state index contributed by atoms with van der Waals surface area (Å²) in [7, 11) is 0. The number of carbonyl (C=O) groups excluding carboxylic acids is 1. The number of fused-ring (bicyclic) bond motifs is 2. The van der Waals surface area contributed by atoms with Gasteiger partial charge in [0.05, 0.1) is 6.54 Å². The molecular formula is C17H27N3O. The Morgan fingerprint density at radius 3 is 2.81 bits per heavy atom. The number of carbonyl (C=O) groups is 1. The molecule has 0 unspecified atom stereocenters. The van der Waals surface area contributed by atoms with Gasteiger partial charge in [-0.25, -0.2) is 6.57 Å². The Morgan fingerprint density at radius 2 is 2.19 bits per heavy atom. The molecule has 4 nitrogen and oxygen atoms in total. The normalized spacial score (nSPS) is 40.5. The van der Waals surface area contributed by atoms with Gasteiger partial charge in [0.1, 0.15) is 0 Å². The molecule has 0 aromatic heterocycles.